The van der Waals surface area contributed by atoms with Crippen molar-refractivity contribution in [2.75, 3.05) is 17.4 Å². The van der Waals surface area contributed by atoms with Gasteiger partial charge in [0.05, 0.1) is 20.6 Å². The minimum absolute atomic E-state index is 0.00569. The van der Waals surface area contributed by atoms with Crippen molar-refractivity contribution in [3.05, 3.63) is 118 Å². The Balaban J connectivity index is 1.70. The Bertz CT molecular complexity index is 1750. The fourth-order valence-corrected chi connectivity index (χ4v) is 6.28. The first-order chi connectivity index (χ1) is 21.8. The monoisotopic (exact) mass is 681 g/mol. The van der Waals surface area contributed by atoms with Crippen LogP contribution in [0, 0.1) is 12.8 Å². The summed E-state index contributed by atoms with van der Waals surface area (Å²) in [4.78, 5) is 28.7. The molecule has 0 aliphatic carbocycles. The summed E-state index contributed by atoms with van der Waals surface area (Å²) in [5, 5.41) is 3.51. The van der Waals surface area contributed by atoms with Crippen LogP contribution in [0.1, 0.15) is 31.9 Å². The van der Waals surface area contributed by atoms with Gasteiger partial charge < -0.3 is 15.0 Å². The van der Waals surface area contributed by atoms with Crippen LogP contribution in [0.25, 0.3) is 0 Å². The lowest BCUT2D eigenvalue weighted by atomic mass is 10.1. The SMILES string of the molecule is Cc1ccc(S(=O)(=O)N(CC(=O)N(Cc2ccc(Cl)c(Cl)c2)[C@@H](C)C(=O)NCC(C)C)c2ccc(Oc3ccccc3)cc2)cc1. The fraction of sp³-hybridized carbons (Fsp3) is 0.257. The molecule has 0 aliphatic heterocycles. The average molecular weight is 683 g/mol. The van der Waals surface area contributed by atoms with E-state index in [2.05, 4.69) is 5.32 Å². The number of hydrogen-bond donors (Lipinski definition) is 1. The highest BCUT2D eigenvalue weighted by Gasteiger charge is 2.32. The Morgan fingerprint density at radius 1 is 0.826 bits per heavy atom. The van der Waals surface area contributed by atoms with Gasteiger partial charge in [-0.05, 0) is 86.0 Å². The zero-order chi connectivity index (χ0) is 33.4. The maximum absolute atomic E-state index is 14.2. The second-order valence-electron chi connectivity index (χ2n) is 11.3. The van der Waals surface area contributed by atoms with E-state index in [4.69, 9.17) is 27.9 Å². The van der Waals surface area contributed by atoms with Gasteiger partial charge in [-0.3, -0.25) is 13.9 Å². The van der Waals surface area contributed by atoms with Crippen LogP contribution < -0.4 is 14.4 Å². The van der Waals surface area contributed by atoms with Crippen molar-refractivity contribution >= 4 is 50.7 Å². The van der Waals surface area contributed by atoms with Crippen LogP contribution in [0.15, 0.2) is 102 Å². The van der Waals surface area contributed by atoms with E-state index in [0.717, 1.165) is 9.87 Å². The van der Waals surface area contributed by atoms with Crippen molar-refractivity contribution in [1.82, 2.24) is 10.2 Å². The minimum atomic E-state index is -4.22. The van der Waals surface area contributed by atoms with E-state index in [-0.39, 0.29) is 29.0 Å². The fourth-order valence-electron chi connectivity index (χ4n) is 4.54. The predicted octanol–water partition coefficient (Wildman–Crippen LogP) is 7.48. The van der Waals surface area contributed by atoms with Crippen LogP contribution in [0.4, 0.5) is 5.69 Å². The second kappa shape index (κ2) is 15.5. The molecule has 46 heavy (non-hydrogen) atoms. The number of halogens is 2. The number of nitrogens with zero attached hydrogens (tertiary/aromatic N) is 2. The standard InChI is InChI=1S/C35H37Cl2N3O5S/c1-24(2)21-38-35(42)26(4)39(22-27-12-19-32(36)33(37)20-27)34(41)23-40(46(43,44)31-17-10-25(3)11-18-31)28-13-15-30(16-14-28)45-29-8-6-5-7-9-29/h5-20,24,26H,21-23H2,1-4H3,(H,38,42)/t26-/m0/s1. The van der Waals surface area contributed by atoms with E-state index >= 15 is 0 Å². The van der Waals surface area contributed by atoms with E-state index < -0.39 is 28.5 Å². The lowest BCUT2D eigenvalue weighted by molar-refractivity contribution is -0.139. The summed E-state index contributed by atoms with van der Waals surface area (Å²) in [6.07, 6.45) is 0. The molecule has 0 saturated heterocycles. The Labute approximate surface area is 280 Å². The summed E-state index contributed by atoms with van der Waals surface area (Å²) in [5.41, 5.74) is 1.76. The maximum Gasteiger partial charge on any atom is 0.264 e. The van der Waals surface area contributed by atoms with Gasteiger partial charge in [0.2, 0.25) is 11.8 Å². The number of para-hydroxylation sites is 1. The van der Waals surface area contributed by atoms with Gasteiger partial charge in [0.1, 0.15) is 24.1 Å². The molecule has 0 aromatic heterocycles. The van der Waals surface area contributed by atoms with Gasteiger partial charge >= 0.3 is 0 Å². The van der Waals surface area contributed by atoms with E-state index in [0.29, 0.717) is 33.7 Å². The Morgan fingerprint density at radius 2 is 1.46 bits per heavy atom. The van der Waals surface area contributed by atoms with Crippen LogP contribution in [0.3, 0.4) is 0 Å². The number of hydrogen-bond acceptors (Lipinski definition) is 5. The lowest BCUT2D eigenvalue weighted by Gasteiger charge is -2.32. The van der Waals surface area contributed by atoms with Gasteiger partial charge in [-0.2, -0.15) is 0 Å². The molecule has 1 N–H and O–H groups in total. The van der Waals surface area contributed by atoms with Gasteiger partial charge in [0.15, 0.2) is 0 Å². The molecule has 0 radical (unpaired) electrons. The topological polar surface area (TPSA) is 96.0 Å². The Morgan fingerprint density at radius 3 is 2.07 bits per heavy atom. The normalized spacial score (nSPS) is 12.0. The molecule has 11 heteroatoms. The maximum atomic E-state index is 14.2. The second-order valence-corrected chi connectivity index (χ2v) is 14.0. The third kappa shape index (κ3) is 9.02. The number of carbonyl (C=O) groups excluding carboxylic acids is 2. The molecule has 0 fully saturated rings. The summed E-state index contributed by atoms with van der Waals surface area (Å²) >= 11 is 12.4. The van der Waals surface area contributed by atoms with E-state index in [1.165, 1.54) is 17.0 Å². The number of ether oxygens (including phenoxy) is 1. The molecule has 0 spiro atoms. The third-order valence-electron chi connectivity index (χ3n) is 7.18. The average Bonchev–Trinajstić information content (AvgIpc) is 3.03. The van der Waals surface area contributed by atoms with Gasteiger partial charge in [0.25, 0.3) is 10.0 Å². The number of aryl methyl sites for hydroxylation is 1. The first-order valence-corrected chi connectivity index (χ1v) is 17.0. The van der Waals surface area contributed by atoms with Crippen LogP contribution in [0.2, 0.25) is 10.0 Å². The first-order valence-electron chi connectivity index (χ1n) is 14.8. The number of carbonyl (C=O) groups is 2. The molecule has 4 aromatic rings. The molecular weight excluding hydrogens is 645 g/mol. The number of anilines is 1. The lowest BCUT2D eigenvalue weighted by Crippen LogP contribution is -2.51. The van der Waals surface area contributed by atoms with Crippen molar-refractivity contribution in [3.63, 3.8) is 0 Å². The highest BCUT2D eigenvalue weighted by Crippen LogP contribution is 2.29. The van der Waals surface area contributed by atoms with Crippen LogP contribution in [0.5, 0.6) is 11.5 Å². The molecule has 0 bridgehead atoms. The van der Waals surface area contributed by atoms with Gasteiger partial charge in [-0.1, -0.05) is 79.0 Å². The van der Waals surface area contributed by atoms with Gasteiger partial charge in [-0.25, -0.2) is 8.42 Å². The predicted molar refractivity (Wildman–Crippen MR) is 183 cm³/mol. The quantitative estimate of drug-likeness (QED) is 0.158. The summed E-state index contributed by atoms with van der Waals surface area (Å²) in [6.45, 7) is 7.24. The molecule has 0 heterocycles. The number of amides is 2. The molecule has 4 rings (SSSR count). The zero-order valence-corrected chi connectivity index (χ0v) is 28.4. The highest BCUT2D eigenvalue weighted by atomic mass is 35.5. The largest absolute Gasteiger partial charge is 0.457 e. The van der Waals surface area contributed by atoms with Gasteiger partial charge in [-0.15, -0.1) is 0 Å². The molecule has 2 amide bonds. The molecule has 0 unspecified atom stereocenters. The summed E-state index contributed by atoms with van der Waals surface area (Å²) in [5.74, 6) is 0.360. The van der Waals surface area contributed by atoms with Crippen LogP contribution in [-0.2, 0) is 26.2 Å². The van der Waals surface area contributed by atoms with Crippen molar-refractivity contribution in [3.8, 4) is 11.5 Å². The molecule has 1 atom stereocenters. The molecule has 4 aromatic carbocycles. The van der Waals surface area contributed by atoms with Crippen molar-refractivity contribution in [2.45, 2.75) is 45.2 Å². The zero-order valence-electron chi connectivity index (χ0n) is 26.1. The van der Waals surface area contributed by atoms with Crippen LogP contribution in [-0.4, -0.2) is 44.3 Å². The van der Waals surface area contributed by atoms with Crippen molar-refractivity contribution < 1.29 is 22.7 Å². The molecule has 0 saturated carbocycles. The number of sulfonamides is 1. The number of nitrogens with one attached hydrogen (secondary N) is 1. The highest BCUT2D eigenvalue weighted by molar-refractivity contribution is 7.92. The number of rotatable bonds is 13. The first kappa shape index (κ1) is 34.8. The smallest absolute Gasteiger partial charge is 0.264 e. The summed E-state index contributed by atoms with van der Waals surface area (Å²) in [7, 11) is -4.22. The van der Waals surface area contributed by atoms with Crippen molar-refractivity contribution in [1.29, 1.82) is 0 Å². The summed E-state index contributed by atoms with van der Waals surface area (Å²) < 4.78 is 35.2. The van der Waals surface area contributed by atoms with Crippen molar-refractivity contribution in [2.24, 2.45) is 5.92 Å². The van der Waals surface area contributed by atoms with Gasteiger partial charge in [0, 0.05) is 13.1 Å². The van der Waals surface area contributed by atoms with Crippen LogP contribution >= 0.6 is 23.2 Å². The third-order valence-corrected chi connectivity index (χ3v) is 9.71. The molecule has 0 aliphatic rings. The van der Waals surface area contributed by atoms with E-state index in [9.17, 15) is 18.0 Å². The van der Waals surface area contributed by atoms with E-state index in [1.807, 2.05) is 51.1 Å². The molecular formula is C35H37Cl2N3O5S. The van der Waals surface area contributed by atoms with E-state index in [1.54, 1.807) is 61.5 Å². The number of benzene rings is 4. The Kier molecular flexibility index (Phi) is 11.7. The Hall–Kier alpha value is -4.05. The molecule has 242 valence electrons. The molecule has 8 nitrogen and oxygen atoms in total. The minimum Gasteiger partial charge on any atom is -0.457 e. The summed E-state index contributed by atoms with van der Waals surface area (Å²) in [6, 6.07) is 26.0.